The molecule has 6 heteroatoms. The van der Waals surface area contributed by atoms with Gasteiger partial charge in [0.15, 0.2) is 11.0 Å². The van der Waals surface area contributed by atoms with Crippen LogP contribution in [0.3, 0.4) is 0 Å². The monoisotopic (exact) mass is 278 g/mol. The fraction of sp³-hybridized carbons (Fsp3) is 0.250. The van der Waals surface area contributed by atoms with Crippen LogP contribution in [0.1, 0.15) is 6.92 Å². The van der Waals surface area contributed by atoms with Gasteiger partial charge >= 0.3 is 0 Å². The summed E-state index contributed by atoms with van der Waals surface area (Å²) in [5.74, 6) is 1.17. The zero-order valence-electron chi connectivity index (χ0n) is 9.80. The molecule has 1 aromatic carbocycles. The predicted octanol–water partition coefficient (Wildman–Crippen LogP) is 3.23. The van der Waals surface area contributed by atoms with Crippen molar-refractivity contribution >= 4 is 23.4 Å². The molecule has 0 unspecified atom stereocenters. The molecular weight excluding hydrogens is 268 g/mol. The largest absolute Gasteiger partial charge is 0.302 e. The maximum atomic E-state index is 8.60. The SMILES string of the molecule is CCn1c(SCC#N)nnc1-c1ccc(Cl)cc1. The lowest BCUT2D eigenvalue weighted by atomic mass is 10.2. The summed E-state index contributed by atoms with van der Waals surface area (Å²) in [6, 6.07) is 9.57. The molecule has 0 aliphatic heterocycles. The van der Waals surface area contributed by atoms with Crippen molar-refractivity contribution in [2.45, 2.75) is 18.6 Å². The Kier molecular flexibility index (Phi) is 4.24. The van der Waals surface area contributed by atoms with E-state index in [4.69, 9.17) is 16.9 Å². The van der Waals surface area contributed by atoms with Crippen LogP contribution in [0.5, 0.6) is 0 Å². The quantitative estimate of drug-likeness (QED) is 0.806. The number of hydrogen-bond donors (Lipinski definition) is 0. The van der Waals surface area contributed by atoms with Crippen LogP contribution in [0, 0.1) is 11.3 Å². The minimum atomic E-state index is 0.374. The summed E-state index contributed by atoms with van der Waals surface area (Å²) in [5, 5.41) is 18.4. The fourth-order valence-electron chi connectivity index (χ4n) is 1.59. The standard InChI is InChI=1S/C12H11ClN4S/c1-2-17-11(9-3-5-10(13)6-4-9)15-16-12(17)18-8-7-14/h3-6H,2,8H2,1H3. The number of benzene rings is 1. The normalized spacial score (nSPS) is 10.3. The fourth-order valence-corrected chi connectivity index (χ4v) is 2.38. The van der Waals surface area contributed by atoms with E-state index in [9.17, 15) is 0 Å². The minimum Gasteiger partial charge on any atom is -0.302 e. The first-order valence-corrected chi connectivity index (χ1v) is 6.81. The molecule has 0 saturated heterocycles. The first-order chi connectivity index (χ1) is 8.76. The molecule has 0 fully saturated rings. The molecule has 4 nitrogen and oxygen atoms in total. The van der Waals surface area contributed by atoms with E-state index >= 15 is 0 Å². The van der Waals surface area contributed by atoms with Crippen molar-refractivity contribution in [3.8, 4) is 17.5 Å². The molecule has 18 heavy (non-hydrogen) atoms. The molecule has 0 atom stereocenters. The van der Waals surface area contributed by atoms with Crippen molar-refractivity contribution in [2.75, 3.05) is 5.75 Å². The van der Waals surface area contributed by atoms with Gasteiger partial charge < -0.3 is 4.57 Å². The van der Waals surface area contributed by atoms with Crippen LogP contribution in [0.2, 0.25) is 5.02 Å². The molecule has 0 saturated carbocycles. The van der Waals surface area contributed by atoms with Crippen LogP contribution >= 0.6 is 23.4 Å². The topological polar surface area (TPSA) is 54.5 Å². The molecule has 1 heterocycles. The van der Waals surface area contributed by atoms with Crippen molar-refractivity contribution in [1.82, 2.24) is 14.8 Å². The van der Waals surface area contributed by atoms with E-state index in [2.05, 4.69) is 16.3 Å². The third-order valence-electron chi connectivity index (χ3n) is 2.40. The summed E-state index contributed by atoms with van der Waals surface area (Å²) in [6.45, 7) is 2.79. The zero-order valence-corrected chi connectivity index (χ0v) is 11.4. The molecule has 2 rings (SSSR count). The Bertz CT molecular complexity index is 571. The molecule has 0 bridgehead atoms. The molecule has 0 aliphatic rings. The molecule has 0 amide bonds. The number of nitriles is 1. The first kappa shape index (κ1) is 12.9. The number of nitrogens with zero attached hydrogens (tertiary/aromatic N) is 4. The Labute approximate surface area is 115 Å². The molecule has 0 spiro atoms. The van der Waals surface area contributed by atoms with Gasteiger partial charge in [0.25, 0.3) is 0 Å². The van der Waals surface area contributed by atoms with Crippen LogP contribution in [-0.4, -0.2) is 20.5 Å². The van der Waals surface area contributed by atoms with Gasteiger partial charge in [0.2, 0.25) is 0 Å². The van der Waals surface area contributed by atoms with Crippen LogP contribution in [-0.2, 0) is 6.54 Å². The molecule has 2 aromatic rings. The highest BCUT2D eigenvalue weighted by atomic mass is 35.5. The second kappa shape index (κ2) is 5.89. The number of halogens is 1. The van der Waals surface area contributed by atoms with E-state index in [0.717, 1.165) is 23.1 Å². The molecule has 1 aromatic heterocycles. The highest BCUT2D eigenvalue weighted by Gasteiger charge is 2.12. The Morgan fingerprint density at radius 2 is 2.06 bits per heavy atom. The lowest BCUT2D eigenvalue weighted by molar-refractivity contribution is 0.688. The number of hydrogen-bond acceptors (Lipinski definition) is 4. The van der Waals surface area contributed by atoms with Gasteiger partial charge in [-0.15, -0.1) is 10.2 Å². The van der Waals surface area contributed by atoms with Gasteiger partial charge in [0, 0.05) is 17.1 Å². The Morgan fingerprint density at radius 1 is 1.33 bits per heavy atom. The lowest BCUT2D eigenvalue weighted by Gasteiger charge is -2.06. The van der Waals surface area contributed by atoms with E-state index in [0.29, 0.717) is 10.8 Å². The Hall–Kier alpha value is -1.51. The Balaban J connectivity index is 2.36. The van der Waals surface area contributed by atoms with E-state index in [-0.39, 0.29) is 0 Å². The third kappa shape index (κ3) is 2.66. The third-order valence-corrected chi connectivity index (χ3v) is 3.49. The van der Waals surface area contributed by atoms with E-state index in [1.807, 2.05) is 35.8 Å². The van der Waals surface area contributed by atoms with E-state index in [1.165, 1.54) is 11.8 Å². The number of thioether (sulfide) groups is 1. The van der Waals surface area contributed by atoms with Crippen LogP contribution < -0.4 is 0 Å². The van der Waals surface area contributed by atoms with Gasteiger partial charge in [-0.3, -0.25) is 0 Å². The van der Waals surface area contributed by atoms with Crippen LogP contribution in [0.25, 0.3) is 11.4 Å². The summed E-state index contributed by atoms with van der Waals surface area (Å²) in [4.78, 5) is 0. The van der Waals surface area contributed by atoms with Gasteiger partial charge in [-0.2, -0.15) is 5.26 Å². The van der Waals surface area contributed by atoms with Gasteiger partial charge in [-0.1, -0.05) is 23.4 Å². The lowest BCUT2D eigenvalue weighted by Crippen LogP contribution is -1.99. The summed E-state index contributed by atoms with van der Waals surface area (Å²) in [5.41, 5.74) is 0.970. The van der Waals surface area contributed by atoms with Crippen LogP contribution in [0.4, 0.5) is 0 Å². The van der Waals surface area contributed by atoms with Gasteiger partial charge in [0.1, 0.15) is 0 Å². The van der Waals surface area contributed by atoms with E-state index < -0.39 is 0 Å². The van der Waals surface area contributed by atoms with E-state index in [1.54, 1.807) is 0 Å². The van der Waals surface area contributed by atoms with Crippen molar-refractivity contribution in [2.24, 2.45) is 0 Å². The van der Waals surface area contributed by atoms with Gasteiger partial charge in [-0.05, 0) is 31.2 Å². The van der Waals surface area contributed by atoms with Gasteiger partial charge in [-0.25, -0.2) is 0 Å². The predicted molar refractivity (Wildman–Crippen MR) is 72.5 cm³/mol. The van der Waals surface area contributed by atoms with Crippen LogP contribution in [0.15, 0.2) is 29.4 Å². The molecule has 92 valence electrons. The average molecular weight is 279 g/mol. The molecule has 0 N–H and O–H groups in total. The average Bonchev–Trinajstić information content (AvgIpc) is 2.80. The smallest absolute Gasteiger partial charge is 0.192 e. The summed E-state index contributed by atoms with van der Waals surface area (Å²) >= 11 is 7.26. The first-order valence-electron chi connectivity index (χ1n) is 5.45. The molecule has 0 aliphatic carbocycles. The van der Waals surface area contributed by atoms with Crippen molar-refractivity contribution in [1.29, 1.82) is 5.26 Å². The maximum absolute atomic E-state index is 8.60. The van der Waals surface area contributed by atoms with Crippen molar-refractivity contribution in [3.63, 3.8) is 0 Å². The summed E-state index contributed by atoms with van der Waals surface area (Å²) < 4.78 is 1.99. The highest BCUT2D eigenvalue weighted by Crippen LogP contribution is 2.24. The molecular formula is C12H11ClN4S. The maximum Gasteiger partial charge on any atom is 0.192 e. The second-order valence-electron chi connectivity index (χ2n) is 3.50. The van der Waals surface area contributed by atoms with Gasteiger partial charge in [0.05, 0.1) is 11.8 Å². The highest BCUT2D eigenvalue weighted by molar-refractivity contribution is 7.99. The summed E-state index contributed by atoms with van der Waals surface area (Å²) in [6.07, 6.45) is 0. The zero-order chi connectivity index (χ0) is 13.0. The number of aromatic nitrogens is 3. The van der Waals surface area contributed by atoms with Crippen molar-refractivity contribution in [3.05, 3.63) is 29.3 Å². The molecule has 0 radical (unpaired) electrons. The second-order valence-corrected chi connectivity index (χ2v) is 4.88. The minimum absolute atomic E-state index is 0.374. The summed E-state index contributed by atoms with van der Waals surface area (Å²) in [7, 11) is 0. The number of rotatable bonds is 4. The van der Waals surface area contributed by atoms with Crippen molar-refractivity contribution < 1.29 is 0 Å². The Morgan fingerprint density at radius 3 is 2.67 bits per heavy atom.